The lowest BCUT2D eigenvalue weighted by molar-refractivity contribution is -0.160. The van der Waals surface area contributed by atoms with E-state index in [1.807, 2.05) is 0 Å². The molecule has 1 aromatic heterocycles. The summed E-state index contributed by atoms with van der Waals surface area (Å²) in [6.45, 7) is 2.63. The minimum absolute atomic E-state index is 0.198. The molecule has 0 radical (unpaired) electrons. The van der Waals surface area contributed by atoms with Crippen molar-refractivity contribution in [2.45, 2.75) is 51.4 Å². The Labute approximate surface area is 142 Å². The van der Waals surface area contributed by atoms with Crippen LogP contribution >= 0.6 is 0 Å². The number of Topliss-reactive ketones (excluding diaryl/α,β-unsaturated/α-hetero) is 1. The average molecular weight is 360 g/mol. The number of nitrogens with one attached hydrogen (secondary N) is 1. The van der Waals surface area contributed by atoms with E-state index in [9.17, 15) is 27.6 Å². The van der Waals surface area contributed by atoms with E-state index in [1.54, 1.807) is 12.2 Å². The second-order valence-corrected chi connectivity index (χ2v) is 5.81. The molecular formula is C16H19F3N2O4. The molecule has 9 heteroatoms. The summed E-state index contributed by atoms with van der Waals surface area (Å²) < 4.78 is 44.0. The van der Waals surface area contributed by atoms with Gasteiger partial charge in [0.25, 0.3) is 5.91 Å². The molecule has 1 N–H and O–H groups in total. The van der Waals surface area contributed by atoms with Gasteiger partial charge in [0.2, 0.25) is 5.78 Å². The van der Waals surface area contributed by atoms with Crippen LogP contribution in [0.5, 0.6) is 0 Å². The fourth-order valence-electron chi connectivity index (χ4n) is 2.79. The fourth-order valence-corrected chi connectivity index (χ4v) is 2.79. The van der Waals surface area contributed by atoms with Gasteiger partial charge in [-0.3, -0.25) is 9.59 Å². The molecule has 0 bridgehead atoms. The summed E-state index contributed by atoms with van der Waals surface area (Å²) in [5, 5.41) is 1.68. The van der Waals surface area contributed by atoms with Crippen LogP contribution in [-0.2, 0) is 20.7 Å². The average Bonchev–Trinajstić information content (AvgIpc) is 2.97. The molecule has 0 aromatic carbocycles. The first-order chi connectivity index (χ1) is 11.7. The van der Waals surface area contributed by atoms with Crippen molar-refractivity contribution in [1.82, 2.24) is 9.88 Å². The molecule has 2 heterocycles. The molecule has 0 aliphatic carbocycles. The zero-order valence-electron chi connectivity index (χ0n) is 13.9. The maximum absolute atomic E-state index is 12.5. The van der Waals surface area contributed by atoms with Crippen LogP contribution in [0.4, 0.5) is 13.2 Å². The van der Waals surface area contributed by atoms with Crippen LogP contribution in [0, 0.1) is 0 Å². The number of nitrogens with zero attached hydrogens (tertiary/aromatic N) is 1. The monoisotopic (exact) mass is 360 g/mol. The highest BCUT2D eigenvalue weighted by molar-refractivity contribution is 6.37. The maximum atomic E-state index is 12.5. The smallest absolute Gasteiger partial charge is 0.408 e. The molecule has 0 fully saturated rings. The predicted molar refractivity (Wildman–Crippen MR) is 81.0 cm³/mol. The van der Waals surface area contributed by atoms with Gasteiger partial charge in [0.15, 0.2) is 0 Å². The number of ketones is 1. The van der Waals surface area contributed by atoms with Gasteiger partial charge in [0.05, 0.1) is 12.2 Å². The van der Waals surface area contributed by atoms with Gasteiger partial charge in [-0.05, 0) is 39.2 Å². The molecule has 2 rings (SSSR count). The van der Waals surface area contributed by atoms with Crippen LogP contribution in [0.1, 0.15) is 48.8 Å². The van der Waals surface area contributed by atoms with Gasteiger partial charge < -0.3 is 14.6 Å². The van der Waals surface area contributed by atoms with Gasteiger partial charge >= 0.3 is 12.1 Å². The Morgan fingerprint density at radius 2 is 2.08 bits per heavy atom. The van der Waals surface area contributed by atoms with Gasteiger partial charge in [0.1, 0.15) is 12.1 Å². The molecule has 138 valence electrons. The number of fused-ring (bicyclic) bond motifs is 1. The van der Waals surface area contributed by atoms with E-state index in [0.717, 1.165) is 6.92 Å². The van der Waals surface area contributed by atoms with Crippen molar-refractivity contribution in [2.75, 3.05) is 6.61 Å². The lowest BCUT2D eigenvalue weighted by Crippen LogP contribution is -2.47. The number of rotatable bonds is 5. The molecule has 1 amide bonds. The summed E-state index contributed by atoms with van der Waals surface area (Å²) in [5.74, 6) is -2.77. The normalized spacial score (nSPS) is 18.2. The number of ether oxygens (including phenoxy) is 1. The Morgan fingerprint density at radius 3 is 2.68 bits per heavy atom. The highest BCUT2D eigenvalue weighted by atomic mass is 19.4. The Balaban J connectivity index is 2.19. The fraction of sp³-hybridized carbons (Fsp3) is 0.562. The van der Waals surface area contributed by atoms with Crippen LogP contribution in [0.2, 0.25) is 0 Å². The summed E-state index contributed by atoms with van der Waals surface area (Å²) in [6.07, 6.45) is -1.76. The predicted octanol–water partition coefficient (Wildman–Crippen LogP) is 2.18. The minimum Gasteiger partial charge on any atom is -0.462 e. The topological polar surface area (TPSA) is 77.4 Å². The molecule has 6 nitrogen and oxygen atoms in total. The van der Waals surface area contributed by atoms with E-state index in [4.69, 9.17) is 4.74 Å². The lowest BCUT2D eigenvalue weighted by atomic mass is 9.97. The van der Waals surface area contributed by atoms with Gasteiger partial charge in [-0.2, -0.15) is 13.2 Å². The van der Waals surface area contributed by atoms with Crippen LogP contribution in [-0.4, -0.2) is 41.1 Å². The second-order valence-electron chi connectivity index (χ2n) is 5.81. The molecule has 1 aromatic rings. The van der Waals surface area contributed by atoms with E-state index in [1.165, 1.54) is 16.8 Å². The Hall–Kier alpha value is -2.32. The van der Waals surface area contributed by atoms with Gasteiger partial charge in [-0.1, -0.05) is 0 Å². The highest BCUT2D eigenvalue weighted by Crippen LogP contribution is 2.29. The molecule has 2 atom stereocenters. The van der Waals surface area contributed by atoms with Crippen molar-refractivity contribution in [3.8, 4) is 0 Å². The standard InChI is InChI=1S/C16H19F3N2O4/c1-3-25-15(24)10-7-8-21-11(10)5-4-6-12(21)13(22)14(23)20-9(2)16(17,18)19/h7-9,12H,3-6H2,1-2H3,(H,20,23). The quantitative estimate of drug-likeness (QED) is 0.645. The molecule has 1 aliphatic rings. The molecule has 1 aliphatic heterocycles. The number of amides is 1. The number of aromatic nitrogens is 1. The summed E-state index contributed by atoms with van der Waals surface area (Å²) >= 11 is 0. The van der Waals surface area contributed by atoms with Crippen LogP contribution in [0.15, 0.2) is 12.3 Å². The van der Waals surface area contributed by atoms with Crippen LogP contribution < -0.4 is 5.32 Å². The van der Waals surface area contributed by atoms with E-state index >= 15 is 0 Å². The molecule has 2 unspecified atom stereocenters. The Kier molecular flexibility index (Phi) is 5.54. The summed E-state index contributed by atoms with van der Waals surface area (Å²) in [7, 11) is 0. The molecular weight excluding hydrogens is 341 g/mol. The first-order valence-corrected chi connectivity index (χ1v) is 7.95. The zero-order chi connectivity index (χ0) is 18.8. The molecule has 0 spiro atoms. The third-order valence-corrected chi connectivity index (χ3v) is 4.11. The second kappa shape index (κ2) is 7.28. The van der Waals surface area contributed by atoms with E-state index in [2.05, 4.69) is 0 Å². The Bertz CT molecular complexity index is 681. The maximum Gasteiger partial charge on any atom is 0.408 e. The van der Waals surface area contributed by atoms with Crippen molar-refractivity contribution in [3.05, 3.63) is 23.5 Å². The molecule has 0 saturated carbocycles. The largest absolute Gasteiger partial charge is 0.462 e. The molecule has 25 heavy (non-hydrogen) atoms. The number of carbonyl (C=O) groups excluding carboxylic acids is 3. The van der Waals surface area contributed by atoms with Gasteiger partial charge in [0, 0.05) is 11.9 Å². The first kappa shape index (κ1) is 19.0. The number of hydrogen-bond acceptors (Lipinski definition) is 4. The van der Waals surface area contributed by atoms with E-state index in [-0.39, 0.29) is 6.61 Å². The third-order valence-electron chi connectivity index (χ3n) is 4.11. The van der Waals surface area contributed by atoms with E-state index < -0.39 is 35.9 Å². The van der Waals surface area contributed by atoms with Gasteiger partial charge in [-0.15, -0.1) is 0 Å². The van der Waals surface area contributed by atoms with Crippen molar-refractivity contribution in [3.63, 3.8) is 0 Å². The number of hydrogen-bond donors (Lipinski definition) is 1. The van der Waals surface area contributed by atoms with Crippen molar-refractivity contribution >= 4 is 17.7 Å². The number of carbonyl (C=O) groups is 3. The summed E-state index contributed by atoms with van der Waals surface area (Å²) in [4.78, 5) is 36.1. The van der Waals surface area contributed by atoms with Crippen molar-refractivity contribution in [1.29, 1.82) is 0 Å². The van der Waals surface area contributed by atoms with Crippen LogP contribution in [0.25, 0.3) is 0 Å². The zero-order valence-corrected chi connectivity index (χ0v) is 13.9. The Morgan fingerprint density at radius 1 is 1.40 bits per heavy atom. The number of halogens is 3. The van der Waals surface area contributed by atoms with Crippen LogP contribution in [0.3, 0.4) is 0 Å². The van der Waals surface area contributed by atoms with E-state index in [0.29, 0.717) is 30.5 Å². The lowest BCUT2D eigenvalue weighted by Gasteiger charge is -2.26. The number of alkyl halides is 3. The third kappa shape index (κ3) is 4.02. The van der Waals surface area contributed by atoms with Gasteiger partial charge in [-0.25, -0.2) is 4.79 Å². The highest BCUT2D eigenvalue weighted by Gasteiger charge is 2.40. The summed E-state index contributed by atoms with van der Waals surface area (Å²) in [5.41, 5.74) is 0.864. The number of esters is 1. The summed E-state index contributed by atoms with van der Waals surface area (Å²) in [6, 6.07) is -1.55. The minimum atomic E-state index is -4.63. The SMILES string of the molecule is CCOC(=O)c1ccn2c1CCCC2C(=O)C(=O)NC(C)C(F)(F)F. The van der Waals surface area contributed by atoms with Crippen molar-refractivity contribution < 1.29 is 32.3 Å². The molecule has 0 saturated heterocycles. The first-order valence-electron chi connectivity index (χ1n) is 7.95. The van der Waals surface area contributed by atoms with Crippen molar-refractivity contribution in [2.24, 2.45) is 0 Å².